The Kier molecular flexibility index (Phi) is 20.8. The van der Waals surface area contributed by atoms with E-state index in [2.05, 4.69) is 24.4 Å². The number of unbranched alkanes of at least 4 members (excludes halogenated alkanes) is 10. The third-order valence-electron chi connectivity index (χ3n) is 9.83. The number of hydrogen-bond donors (Lipinski definition) is 11. The van der Waals surface area contributed by atoms with Crippen LogP contribution in [0.25, 0.3) is 0 Å². The van der Waals surface area contributed by atoms with E-state index in [1.54, 1.807) is 6.08 Å². The van der Waals surface area contributed by atoms with E-state index in [0.717, 1.165) is 32.1 Å². The Hall–Kier alpha value is -1.65. The fourth-order valence-corrected chi connectivity index (χ4v) is 6.61. The third-order valence-corrected chi connectivity index (χ3v) is 9.83. The smallest absolute Gasteiger partial charge is 0.244 e. The zero-order valence-electron chi connectivity index (χ0n) is 30.5. The molecule has 0 radical (unpaired) electrons. The summed E-state index contributed by atoms with van der Waals surface area (Å²) in [6.07, 6.45) is -2.78. The SMILES string of the molecule is CCCCCCCC/C=C\CCCCC/C=C/C(=O)N[C@H]1[C@H](O[C@H]2[C@H](O)[C@@H](O)[C@H](O[C@H]3[C@H](O)[C@@H](O)C(O)O[C@@H]3CO)O[C@@H]2CO)O[C@H](CO)[C@@H](O)[C@@H]1O. The highest BCUT2D eigenvalue weighted by atomic mass is 16.7. The average Bonchev–Trinajstić information content (AvgIpc) is 3.15. The molecule has 53 heavy (non-hydrogen) atoms. The van der Waals surface area contributed by atoms with Gasteiger partial charge in [0.1, 0.15) is 73.2 Å². The highest BCUT2D eigenvalue weighted by Gasteiger charge is 2.53. The Morgan fingerprint density at radius 2 is 1.06 bits per heavy atom. The van der Waals surface area contributed by atoms with Gasteiger partial charge in [-0.25, -0.2) is 0 Å². The fraction of sp³-hybridized carbons (Fsp3) is 0.861. The molecule has 0 bridgehead atoms. The minimum Gasteiger partial charge on any atom is -0.394 e. The van der Waals surface area contributed by atoms with Gasteiger partial charge in [0.2, 0.25) is 5.91 Å². The molecule has 0 spiro atoms. The van der Waals surface area contributed by atoms with Crippen LogP contribution < -0.4 is 5.32 Å². The minimum absolute atomic E-state index is 0.626. The highest BCUT2D eigenvalue weighted by Crippen LogP contribution is 2.32. The first kappa shape index (κ1) is 45.7. The first-order valence-electron chi connectivity index (χ1n) is 19.0. The summed E-state index contributed by atoms with van der Waals surface area (Å²) in [5.41, 5.74) is 0. The second kappa shape index (κ2) is 24.1. The van der Waals surface area contributed by atoms with Gasteiger partial charge < -0.3 is 80.1 Å². The van der Waals surface area contributed by atoms with Crippen molar-refractivity contribution in [3.05, 3.63) is 24.3 Å². The molecule has 3 heterocycles. The summed E-state index contributed by atoms with van der Waals surface area (Å²) in [7, 11) is 0. The van der Waals surface area contributed by atoms with Crippen LogP contribution >= 0.6 is 0 Å². The van der Waals surface area contributed by atoms with Gasteiger partial charge in [0, 0.05) is 0 Å². The Bertz CT molecular complexity index is 1080. The number of carbonyl (C=O) groups is 1. The summed E-state index contributed by atoms with van der Waals surface area (Å²) in [6, 6.07) is -1.45. The molecule has 3 aliphatic heterocycles. The van der Waals surface area contributed by atoms with Crippen LogP contribution in [0.1, 0.15) is 84.0 Å². The first-order valence-corrected chi connectivity index (χ1v) is 19.0. The topological polar surface area (TPSA) is 278 Å². The van der Waals surface area contributed by atoms with Crippen LogP contribution in [0.3, 0.4) is 0 Å². The maximum absolute atomic E-state index is 12.9. The van der Waals surface area contributed by atoms with E-state index in [1.165, 1.54) is 44.6 Å². The van der Waals surface area contributed by atoms with E-state index < -0.39 is 118 Å². The molecule has 3 saturated heterocycles. The molecule has 3 fully saturated rings. The van der Waals surface area contributed by atoms with Crippen molar-refractivity contribution in [2.24, 2.45) is 0 Å². The van der Waals surface area contributed by atoms with Gasteiger partial charge in [-0.1, -0.05) is 63.7 Å². The van der Waals surface area contributed by atoms with E-state index in [4.69, 9.17) is 23.7 Å². The minimum atomic E-state index is -1.94. The zero-order valence-corrected chi connectivity index (χ0v) is 30.5. The van der Waals surface area contributed by atoms with Crippen molar-refractivity contribution in [1.29, 1.82) is 0 Å². The molecule has 0 saturated carbocycles. The molecule has 0 aliphatic carbocycles. The monoisotopic (exact) mass is 765 g/mol. The molecule has 308 valence electrons. The maximum atomic E-state index is 12.9. The number of nitrogens with one attached hydrogen (secondary N) is 1. The lowest BCUT2D eigenvalue weighted by atomic mass is 9.95. The number of rotatable bonds is 22. The van der Waals surface area contributed by atoms with Gasteiger partial charge in [-0.3, -0.25) is 4.79 Å². The molecule has 1 amide bonds. The quantitative estimate of drug-likeness (QED) is 0.0335. The van der Waals surface area contributed by atoms with E-state index in [1.807, 2.05) is 0 Å². The molecule has 17 nitrogen and oxygen atoms in total. The standard InChI is InChI=1S/C36H63NO16/c1-2-3-4-5-6-7-8-9-10-11-12-13-14-15-16-17-24(41)37-25-27(43)26(42)21(18-38)50-35(25)52-33-23(20-40)51-36(31(47)29(33)45)53-32-22(19-39)49-34(48)30(46)28(32)44/h9-10,16-17,21-23,25-36,38-40,42-48H,2-8,11-15,18-20H2,1H3,(H,37,41)/b10-9-,17-16+/t21-,22-,23-,25-,26-,27-,28-,29-,30-,31-,32-,33-,34?,35+,36+/m1/s1. The number of amides is 1. The van der Waals surface area contributed by atoms with Crippen LogP contribution in [0.15, 0.2) is 24.3 Å². The van der Waals surface area contributed by atoms with Gasteiger partial charge in [-0.2, -0.15) is 0 Å². The number of carbonyl (C=O) groups excluding carboxylic acids is 1. The number of aliphatic hydroxyl groups excluding tert-OH is 10. The highest BCUT2D eigenvalue weighted by molar-refractivity contribution is 5.87. The van der Waals surface area contributed by atoms with E-state index in [9.17, 15) is 55.9 Å². The van der Waals surface area contributed by atoms with Crippen molar-refractivity contribution < 1.29 is 79.5 Å². The lowest BCUT2D eigenvalue weighted by molar-refractivity contribution is -0.372. The van der Waals surface area contributed by atoms with Crippen LogP contribution in [0.5, 0.6) is 0 Å². The van der Waals surface area contributed by atoms with Crippen LogP contribution in [0, 0.1) is 0 Å². The largest absolute Gasteiger partial charge is 0.394 e. The van der Waals surface area contributed by atoms with Crippen molar-refractivity contribution in [3.63, 3.8) is 0 Å². The molecule has 3 rings (SSSR count). The molecule has 11 N–H and O–H groups in total. The predicted molar refractivity (Wildman–Crippen MR) is 187 cm³/mol. The molecular weight excluding hydrogens is 702 g/mol. The summed E-state index contributed by atoms with van der Waals surface area (Å²) in [4.78, 5) is 12.9. The van der Waals surface area contributed by atoms with Crippen molar-refractivity contribution in [1.82, 2.24) is 5.32 Å². The van der Waals surface area contributed by atoms with Crippen molar-refractivity contribution >= 4 is 5.91 Å². The molecular formula is C36H63NO16. The third kappa shape index (κ3) is 13.5. The number of aliphatic hydroxyl groups is 10. The molecule has 1 unspecified atom stereocenters. The van der Waals surface area contributed by atoms with Gasteiger partial charge in [-0.15, -0.1) is 0 Å². The predicted octanol–water partition coefficient (Wildman–Crippen LogP) is -1.64. The van der Waals surface area contributed by atoms with E-state index >= 15 is 0 Å². The second-order valence-corrected chi connectivity index (χ2v) is 13.9. The van der Waals surface area contributed by atoms with E-state index in [-0.39, 0.29) is 0 Å². The van der Waals surface area contributed by atoms with Gasteiger partial charge in [0.15, 0.2) is 18.9 Å². The number of hydrogen-bond acceptors (Lipinski definition) is 16. The number of allylic oxidation sites excluding steroid dienone is 3. The summed E-state index contributed by atoms with van der Waals surface area (Å²) in [5.74, 6) is -0.648. The molecule has 0 aromatic heterocycles. The van der Waals surface area contributed by atoms with Crippen molar-refractivity contribution in [2.45, 2.75) is 176 Å². The molecule has 17 heteroatoms. The second-order valence-electron chi connectivity index (χ2n) is 13.9. The summed E-state index contributed by atoms with van der Waals surface area (Å²) < 4.78 is 27.7. The van der Waals surface area contributed by atoms with Crippen LogP contribution in [-0.2, 0) is 28.5 Å². The van der Waals surface area contributed by atoms with E-state index in [0.29, 0.717) is 6.42 Å². The lowest BCUT2D eigenvalue weighted by Gasteiger charge is -2.48. The summed E-state index contributed by atoms with van der Waals surface area (Å²) in [6.45, 7) is -0.145. The van der Waals surface area contributed by atoms with Crippen molar-refractivity contribution in [2.75, 3.05) is 19.8 Å². The zero-order chi connectivity index (χ0) is 38.9. The van der Waals surface area contributed by atoms with Gasteiger partial charge in [-0.05, 0) is 44.6 Å². The fourth-order valence-electron chi connectivity index (χ4n) is 6.61. The Labute approximate surface area is 310 Å². The molecule has 0 aromatic rings. The Morgan fingerprint density at radius 3 is 1.66 bits per heavy atom. The molecule has 3 aliphatic rings. The lowest BCUT2D eigenvalue weighted by Crippen LogP contribution is -2.68. The van der Waals surface area contributed by atoms with Gasteiger partial charge >= 0.3 is 0 Å². The first-order chi connectivity index (χ1) is 25.5. The summed E-state index contributed by atoms with van der Waals surface area (Å²) in [5, 5.41) is 106. The van der Waals surface area contributed by atoms with Crippen LogP contribution in [0.2, 0.25) is 0 Å². The Balaban J connectivity index is 1.53. The normalized spacial score (nSPS) is 38.1. The number of ether oxygens (including phenoxy) is 5. The van der Waals surface area contributed by atoms with Crippen LogP contribution in [-0.4, -0.2) is 169 Å². The molecule has 15 atom stereocenters. The Morgan fingerprint density at radius 1 is 0.566 bits per heavy atom. The summed E-state index contributed by atoms with van der Waals surface area (Å²) >= 11 is 0. The van der Waals surface area contributed by atoms with Crippen LogP contribution in [0.4, 0.5) is 0 Å². The molecule has 0 aromatic carbocycles. The van der Waals surface area contributed by atoms with Gasteiger partial charge in [0.25, 0.3) is 0 Å². The maximum Gasteiger partial charge on any atom is 0.244 e. The van der Waals surface area contributed by atoms with Gasteiger partial charge in [0.05, 0.1) is 19.8 Å². The van der Waals surface area contributed by atoms with Crippen molar-refractivity contribution in [3.8, 4) is 0 Å². The average molecular weight is 766 g/mol.